The van der Waals surface area contributed by atoms with E-state index in [0.717, 1.165) is 6.42 Å². The molecular formula is C13H18N2O4. The highest BCUT2D eigenvalue weighted by Crippen LogP contribution is 2.25. The number of anilines is 1. The van der Waals surface area contributed by atoms with Gasteiger partial charge in [-0.05, 0) is 6.42 Å². The lowest BCUT2D eigenvalue weighted by atomic mass is 10.2. The monoisotopic (exact) mass is 266 g/mol. The molecule has 1 aromatic rings. The molecule has 6 heteroatoms. The third-order valence-corrected chi connectivity index (χ3v) is 2.87. The molecule has 1 atom stereocenters. The summed E-state index contributed by atoms with van der Waals surface area (Å²) in [4.78, 5) is 11.8. The van der Waals surface area contributed by atoms with Crippen LogP contribution in [0.1, 0.15) is 6.42 Å². The number of benzene rings is 1. The Labute approximate surface area is 112 Å². The van der Waals surface area contributed by atoms with Gasteiger partial charge in [-0.15, -0.1) is 0 Å². The second-order valence-corrected chi connectivity index (χ2v) is 4.26. The first-order valence-corrected chi connectivity index (χ1v) is 6.09. The van der Waals surface area contributed by atoms with Crippen LogP contribution in [0.4, 0.5) is 10.5 Å². The van der Waals surface area contributed by atoms with Gasteiger partial charge < -0.3 is 24.8 Å². The summed E-state index contributed by atoms with van der Waals surface area (Å²) >= 11 is 0. The van der Waals surface area contributed by atoms with Crippen molar-refractivity contribution in [1.29, 1.82) is 0 Å². The van der Waals surface area contributed by atoms with Crippen molar-refractivity contribution in [3.8, 4) is 11.5 Å². The van der Waals surface area contributed by atoms with Gasteiger partial charge >= 0.3 is 6.03 Å². The first kappa shape index (κ1) is 13.5. The van der Waals surface area contributed by atoms with Crippen molar-refractivity contribution in [3.05, 3.63) is 18.2 Å². The lowest BCUT2D eigenvalue weighted by Gasteiger charge is -2.13. The van der Waals surface area contributed by atoms with Gasteiger partial charge in [-0.2, -0.15) is 0 Å². The Morgan fingerprint density at radius 2 is 1.95 bits per heavy atom. The topological polar surface area (TPSA) is 68.8 Å². The van der Waals surface area contributed by atoms with Crippen molar-refractivity contribution in [2.45, 2.75) is 12.5 Å². The van der Waals surface area contributed by atoms with Crippen molar-refractivity contribution in [1.82, 2.24) is 5.32 Å². The zero-order valence-electron chi connectivity index (χ0n) is 11.1. The number of methoxy groups -OCH3 is 2. The quantitative estimate of drug-likeness (QED) is 0.868. The summed E-state index contributed by atoms with van der Waals surface area (Å²) in [5, 5.41) is 5.60. The number of rotatable bonds is 4. The van der Waals surface area contributed by atoms with E-state index in [4.69, 9.17) is 14.2 Å². The van der Waals surface area contributed by atoms with Gasteiger partial charge in [-0.25, -0.2) is 4.79 Å². The maximum absolute atomic E-state index is 11.8. The van der Waals surface area contributed by atoms with E-state index in [1.54, 1.807) is 32.4 Å². The fraction of sp³-hybridized carbons (Fsp3) is 0.462. The van der Waals surface area contributed by atoms with Gasteiger partial charge in [0, 0.05) is 30.5 Å². The van der Waals surface area contributed by atoms with Gasteiger partial charge in [-0.1, -0.05) is 0 Å². The third kappa shape index (κ3) is 3.75. The molecule has 1 heterocycles. The second-order valence-electron chi connectivity index (χ2n) is 4.26. The number of urea groups is 1. The summed E-state index contributed by atoms with van der Waals surface area (Å²) in [6.45, 7) is 1.26. The van der Waals surface area contributed by atoms with Crippen molar-refractivity contribution in [2.24, 2.45) is 0 Å². The molecule has 2 rings (SSSR count). The lowest BCUT2D eigenvalue weighted by molar-refractivity contribution is 0.189. The predicted molar refractivity (Wildman–Crippen MR) is 70.9 cm³/mol. The van der Waals surface area contributed by atoms with E-state index in [-0.39, 0.29) is 12.1 Å². The molecule has 19 heavy (non-hydrogen) atoms. The molecule has 1 aliphatic heterocycles. The van der Waals surface area contributed by atoms with Crippen LogP contribution >= 0.6 is 0 Å². The summed E-state index contributed by atoms with van der Waals surface area (Å²) in [6.07, 6.45) is 0.842. The average molecular weight is 266 g/mol. The molecule has 2 N–H and O–H groups in total. The van der Waals surface area contributed by atoms with Gasteiger partial charge in [0.15, 0.2) is 0 Å². The van der Waals surface area contributed by atoms with Gasteiger partial charge in [0.25, 0.3) is 0 Å². The smallest absolute Gasteiger partial charge is 0.319 e. The van der Waals surface area contributed by atoms with Crippen LogP contribution in [-0.2, 0) is 4.74 Å². The molecule has 0 aromatic heterocycles. The second kappa shape index (κ2) is 6.29. The molecule has 1 saturated heterocycles. The Bertz CT molecular complexity index is 422. The minimum absolute atomic E-state index is 0.0764. The van der Waals surface area contributed by atoms with E-state index in [9.17, 15) is 4.79 Å². The first-order chi connectivity index (χ1) is 9.21. The molecular weight excluding hydrogens is 248 g/mol. The van der Waals surface area contributed by atoms with E-state index < -0.39 is 0 Å². The standard InChI is InChI=1S/C13H18N2O4/c1-17-11-5-10(6-12(7-11)18-2)15-13(16)14-9-3-4-19-8-9/h5-7,9H,3-4,8H2,1-2H3,(H2,14,15,16). The van der Waals surface area contributed by atoms with Crippen LogP contribution in [0, 0.1) is 0 Å². The molecule has 104 valence electrons. The molecule has 0 radical (unpaired) electrons. The Balaban J connectivity index is 1.98. The largest absolute Gasteiger partial charge is 0.497 e. The average Bonchev–Trinajstić information content (AvgIpc) is 2.90. The van der Waals surface area contributed by atoms with E-state index >= 15 is 0 Å². The minimum atomic E-state index is -0.259. The highest BCUT2D eigenvalue weighted by molar-refractivity contribution is 5.90. The summed E-state index contributed by atoms with van der Waals surface area (Å²) in [7, 11) is 3.13. The summed E-state index contributed by atoms with van der Waals surface area (Å²) < 4.78 is 15.5. The number of nitrogens with one attached hydrogen (secondary N) is 2. The molecule has 0 saturated carbocycles. The molecule has 1 unspecified atom stereocenters. The van der Waals surface area contributed by atoms with Crippen LogP contribution in [0.5, 0.6) is 11.5 Å². The Kier molecular flexibility index (Phi) is 4.46. The van der Waals surface area contributed by atoms with Crippen molar-refractivity contribution >= 4 is 11.7 Å². The number of amides is 2. The molecule has 0 bridgehead atoms. The Hall–Kier alpha value is -1.95. The molecule has 0 spiro atoms. The fourth-order valence-corrected chi connectivity index (χ4v) is 1.88. The van der Waals surface area contributed by atoms with Crippen LogP contribution in [0.15, 0.2) is 18.2 Å². The van der Waals surface area contributed by atoms with Gasteiger partial charge in [0.1, 0.15) is 11.5 Å². The Morgan fingerprint density at radius 1 is 1.26 bits per heavy atom. The van der Waals surface area contributed by atoms with E-state index in [1.165, 1.54) is 0 Å². The van der Waals surface area contributed by atoms with Crippen LogP contribution in [0.25, 0.3) is 0 Å². The molecule has 1 aromatic carbocycles. The van der Waals surface area contributed by atoms with Gasteiger partial charge in [-0.3, -0.25) is 0 Å². The normalized spacial score (nSPS) is 17.9. The van der Waals surface area contributed by atoms with Crippen molar-refractivity contribution in [2.75, 3.05) is 32.8 Å². The van der Waals surface area contributed by atoms with Crippen LogP contribution in [-0.4, -0.2) is 39.5 Å². The maximum Gasteiger partial charge on any atom is 0.319 e. The zero-order valence-corrected chi connectivity index (χ0v) is 11.1. The SMILES string of the molecule is COc1cc(NC(=O)NC2CCOC2)cc(OC)c1. The van der Waals surface area contributed by atoms with E-state index in [1.807, 2.05) is 0 Å². The van der Waals surface area contributed by atoms with Crippen LogP contribution < -0.4 is 20.1 Å². The predicted octanol–water partition coefficient (Wildman–Crippen LogP) is 1.61. The summed E-state index contributed by atoms with van der Waals surface area (Å²) in [5.41, 5.74) is 0.618. The molecule has 6 nitrogen and oxygen atoms in total. The van der Waals surface area contributed by atoms with Gasteiger partial charge in [0.2, 0.25) is 0 Å². The van der Waals surface area contributed by atoms with Crippen LogP contribution in [0.3, 0.4) is 0 Å². The molecule has 1 aliphatic rings. The molecule has 0 aliphatic carbocycles. The lowest BCUT2D eigenvalue weighted by Crippen LogP contribution is -2.38. The number of ether oxygens (including phenoxy) is 3. The summed E-state index contributed by atoms with van der Waals surface area (Å²) in [5.74, 6) is 1.25. The number of hydrogen-bond acceptors (Lipinski definition) is 4. The van der Waals surface area contributed by atoms with E-state index in [0.29, 0.717) is 30.4 Å². The van der Waals surface area contributed by atoms with Gasteiger partial charge in [0.05, 0.1) is 26.9 Å². The fourth-order valence-electron chi connectivity index (χ4n) is 1.88. The van der Waals surface area contributed by atoms with Crippen LogP contribution in [0.2, 0.25) is 0 Å². The summed E-state index contributed by atoms with van der Waals surface area (Å²) in [6, 6.07) is 5.02. The number of carbonyl (C=O) groups excluding carboxylic acids is 1. The van der Waals surface area contributed by atoms with E-state index in [2.05, 4.69) is 10.6 Å². The highest BCUT2D eigenvalue weighted by atomic mass is 16.5. The molecule has 1 fully saturated rings. The Morgan fingerprint density at radius 3 is 2.47 bits per heavy atom. The number of hydrogen-bond donors (Lipinski definition) is 2. The maximum atomic E-state index is 11.8. The third-order valence-electron chi connectivity index (χ3n) is 2.87. The minimum Gasteiger partial charge on any atom is -0.497 e. The zero-order chi connectivity index (χ0) is 13.7. The number of carbonyl (C=O) groups is 1. The van der Waals surface area contributed by atoms with Crippen molar-refractivity contribution in [3.63, 3.8) is 0 Å². The molecule has 2 amide bonds. The van der Waals surface area contributed by atoms with Crippen molar-refractivity contribution < 1.29 is 19.0 Å². The first-order valence-electron chi connectivity index (χ1n) is 6.09. The highest BCUT2D eigenvalue weighted by Gasteiger charge is 2.17.